The molecule has 1 saturated heterocycles. The molecule has 1 unspecified atom stereocenters. The van der Waals surface area contributed by atoms with Crippen molar-refractivity contribution in [2.24, 2.45) is 5.92 Å². The van der Waals surface area contributed by atoms with Crippen LogP contribution < -0.4 is 0 Å². The number of rotatable bonds is 3. The summed E-state index contributed by atoms with van der Waals surface area (Å²) in [6.07, 6.45) is 2.77. The first-order valence-electron chi connectivity index (χ1n) is 6.96. The predicted molar refractivity (Wildman–Crippen MR) is 74.2 cm³/mol. The molecular formula is C16H25N. The first-order chi connectivity index (χ1) is 8.15. The zero-order valence-corrected chi connectivity index (χ0v) is 11.4. The lowest BCUT2D eigenvalue weighted by Crippen LogP contribution is -2.33. The summed E-state index contributed by atoms with van der Waals surface area (Å²) in [5.41, 5.74) is 2.91. The molecule has 0 bridgehead atoms. The summed E-state index contributed by atoms with van der Waals surface area (Å²) < 4.78 is 0. The largest absolute Gasteiger partial charge is 0.299 e. The number of benzene rings is 1. The van der Waals surface area contributed by atoms with E-state index in [4.69, 9.17) is 0 Å². The molecule has 0 saturated carbocycles. The van der Waals surface area contributed by atoms with Crippen LogP contribution in [0.4, 0.5) is 0 Å². The first-order valence-corrected chi connectivity index (χ1v) is 6.96. The molecule has 1 heterocycles. The number of piperidine rings is 1. The standard InChI is InChI=1S/C16H25N/c1-13(2)16-8-6-15(7-9-16)12-17-10-4-5-14(3)11-17/h6-9,13-14H,4-5,10-12H2,1-3H3. The summed E-state index contributed by atoms with van der Waals surface area (Å²) in [7, 11) is 0. The van der Waals surface area contributed by atoms with Crippen molar-refractivity contribution < 1.29 is 0 Å². The monoisotopic (exact) mass is 231 g/mol. The smallest absolute Gasteiger partial charge is 0.0233 e. The molecular weight excluding hydrogens is 206 g/mol. The maximum Gasteiger partial charge on any atom is 0.0233 e. The Morgan fingerprint density at radius 1 is 1.24 bits per heavy atom. The van der Waals surface area contributed by atoms with Gasteiger partial charge in [-0.1, -0.05) is 45.0 Å². The Balaban J connectivity index is 1.94. The minimum Gasteiger partial charge on any atom is -0.299 e. The third kappa shape index (κ3) is 3.57. The number of hydrogen-bond donors (Lipinski definition) is 0. The topological polar surface area (TPSA) is 3.24 Å². The Hall–Kier alpha value is -0.820. The molecule has 2 rings (SSSR count). The van der Waals surface area contributed by atoms with Gasteiger partial charge >= 0.3 is 0 Å². The van der Waals surface area contributed by atoms with Gasteiger partial charge in [0, 0.05) is 13.1 Å². The fourth-order valence-corrected chi connectivity index (χ4v) is 2.70. The molecule has 1 aliphatic heterocycles. The van der Waals surface area contributed by atoms with Gasteiger partial charge in [0.25, 0.3) is 0 Å². The third-order valence-electron chi connectivity index (χ3n) is 3.79. The highest BCUT2D eigenvalue weighted by atomic mass is 15.1. The van der Waals surface area contributed by atoms with Crippen LogP contribution in [0.3, 0.4) is 0 Å². The highest BCUT2D eigenvalue weighted by molar-refractivity contribution is 5.24. The van der Waals surface area contributed by atoms with E-state index < -0.39 is 0 Å². The Morgan fingerprint density at radius 3 is 2.53 bits per heavy atom. The van der Waals surface area contributed by atoms with Crippen LogP contribution in [0.5, 0.6) is 0 Å². The van der Waals surface area contributed by atoms with Crippen LogP contribution in [0.1, 0.15) is 50.7 Å². The molecule has 1 heteroatoms. The van der Waals surface area contributed by atoms with Crippen LogP contribution in [0.2, 0.25) is 0 Å². The van der Waals surface area contributed by atoms with E-state index in [1.807, 2.05) is 0 Å². The lowest BCUT2D eigenvalue weighted by molar-refractivity contribution is 0.176. The van der Waals surface area contributed by atoms with Gasteiger partial charge in [-0.2, -0.15) is 0 Å². The van der Waals surface area contributed by atoms with Gasteiger partial charge in [-0.15, -0.1) is 0 Å². The summed E-state index contributed by atoms with van der Waals surface area (Å²) in [6, 6.07) is 9.17. The van der Waals surface area contributed by atoms with Crippen molar-refractivity contribution in [2.75, 3.05) is 13.1 Å². The maximum absolute atomic E-state index is 2.60. The molecule has 1 aliphatic rings. The molecule has 1 fully saturated rings. The van der Waals surface area contributed by atoms with Gasteiger partial charge in [-0.3, -0.25) is 4.90 Å². The number of nitrogens with zero attached hydrogens (tertiary/aromatic N) is 1. The second kappa shape index (κ2) is 5.68. The van der Waals surface area contributed by atoms with Gasteiger partial charge in [0.1, 0.15) is 0 Å². The van der Waals surface area contributed by atoms with E-state index in [1.165, 1.54) is 37.1 Å². The summed E-state index contributed by atoms with van der Waals surface area (Å²) >= 11 is 0. The SMILES string of the molecule is CC1CCCN(Cc2ccc(C(C)C)cc2)C1. The fraction of sp³-hybridized carbons (Fsp3) is 0.625. The Morgan fingerprint density at radius 2 is 1.94 bits per heavy atom. The zero-order chi connectivity index (χ0) is 12.3. The van der Waals surface area contributed by atoms with Crippen molar-refractivity contribution in [1.82, 2.24) is 4.90 Å². The van der Waals surface area contributed by atoms with Crippen LogP contribution in [0.15, 0.2) is 24.3 Å². The summed E-state index contributed by atoms with van der Waals surface area (Å²) in [6.45, 7) is 10.5. The predicted octanol–water partition coefficient (Wildman–Crippen LogP) is 4.04. The molecule has 17 heavy (non-hydrogen) atoms. The highest BCUT2D eigenvalue weighted by Gasteiger charge is 2.16. The van der Waals surface area contributed by atoms with Crippen molar-refractivity contribution in [3.63, 3.8) is 0 Å². The fourth-order valence-electron chi connectivity index (χ4n) is 2.70. The van der Waals surface area contributed by atoms with Gasteiger partial charge in [0.2, 0.25) is 0 Å². The van der Waals surface area contributed by atoms with Crippen LogP contribution in [0.25, 0.3) is 0 Å². The molecule has 1 atom stereocenters. The van der Waals surface area contributed by atoms with Gasteiger partial charge in [0.05, 0.1) is 0 Å². The van der Waals surface area contributed by atoms with E-state index in [-0.39, 0.29) is 0 Å². The second-order valence-corrected chi connectivity index (χ2v) is 5.88. The van der Waals surface area contributed by atoms with Crippen molar-refractivity contribution in [1.29, 1.82) is 0 Å². The third-order valence-corrected chi connectivity index (χ3v) is 3.79. The maximum atomic E-state index is 2.60. The minimum absolute atomic E-state index is 0.638. The molecule has 0 radical (unpaired) electrons. The van der Waals surface area contributed by atoms with Crippen molar-refractivity contribution in [3.8, 4) is 0 Å². The Labute approximate surface area is 106 Å². The van der Waals surface area contributed by atoms with E-state index in [9.17, 15) is 0 Å². The molecule has 0 spiro atoms. The summed E-state index contributed by atoms with van der Waals surface area (Å²) in [4.78, 5) is 2.60. The van der Waals surface area contributed by atoms with Crippen LogP contribution in [-0.2, 0) is 6.54 Å². The lowest BCUT2D eigenvalue weighted by atomic mass is 9.99. The first kappa shape index (κ1) is 12.6. The average Bonchev–Trinajstić information content (AvgIpc) is 2.29. The van der Waals surface area contributed by atoms with Crippen LogP contribution in [-0.4, -0.2) is 18.0 Å². The van der Waals surface area contributed by atoms with Crippen molar-refractivity contribution in [3.05, 3.63) is 35.4 Å². The van der Waals surface area contributed by atoms with Crippen molar-refractivity contribution in [2.45, 2.75) is 46.1 Å². The number of hydrogen-bond acceptors (Lipinski definition) is 1. The molecule has 0 aromatic heterocycles. The van der Waals surface area contributed by atoms with Gasteiger partial charge in [0.15, 0.2) is 0 Å². The van der Waals surface area contributed by atoms with E-state index in [1.54, 1.807) is 0 Å². The van der Waals surface area contributed by atoms with Gasteiger partial charge in [-0.25, -0.2) is 0 Å². The molecule has 1 aromatic carbocycles. The van der Waals surface area contributed by atoms with Gasteiger partial charge in [-0.05, 0) is 42.3 Å². The molecule has 1 aromatic rings. The van der Waals surface area contributed by atoms with E-state index >= 15 is 0 Å². The van der Waals surface area contributed by atoms with Crippen LogP contribution >= 0.6 is 0 Å². The molecule has 1 nitrogen and oxygen atoms in total. The second-order valence-electron chi connectivity index (χ2n) is 5.88. The van der Waals surface area contributed by atoms with E-state index in [0.29, 0.717) is 5.92 Å². The molecule has 0 amide bonds. The average molecular weight is 231 g/mol. The minimum atomic E-state index is 0.638. The van der Waals surface area contributed by atoms with Crippen LogP contribution in [0, 0.1) is 5.92 Å². The molecule has 94 valence electrons. The highest BCUT2D eigenvalue weighted by Crippen LogP contribution is 2.19. The van der Waals surface area contributed by atoms with E-state index in [2.05, 4.69) is 49.9 Å². The Kier molecular flexibility index (Phi) is 4.22. The normalized spacial score (nSPS) is 22.0. The molecule has 0 aliphatic carbocycles. The van der Waals surface area contributed by atoms with Crippen molar-refractivity contribution >= 4 is 0 Å². The van der Waals surface area contributed by atoms with E-state index in [0.717, 1.165) is 12.5 Å². The summed E-state index contributed by atoms with van der Waals surface area (Å²) in [5, 5.41) is 0. The number of likely N-dealkylation sites (tertiary alicyclic amines) is 1. The lowest BCUT2D eigenvalue weighted by Gasteiger charge is -2.30. The zero-order valence-electron chi connectivity index (χ0n) is 11.4. The quantitative estimate of drug-likeness (QED) is 0.759. The summed E-state index contributed by atoms with van der Waals surface area (Å²) in [5.74, 6) is 1.51. The van der Waals surface area contributed by atoms with Gasteiger partial charge < -0.3 is 0 Å². The molecule has 0 N–H and O–H groups in total. The Bertz CT molecular complexity index is 339.